The Kier molecular flexibility index (Phi) is 11.2. The monoisotopic (exact) mass is 435 g/mol. The molecule has 0 atom stereocenters. The van der Waals surface area contributed by atoms with Crippen molar-refractivity contribution < 1.29 is 9.84 Å². The first-order valence-electron chi connectivity index (χ1n) is 7.85. The van der Waals surface area contributed by atoms with Crippen LogP contribution >= 0.6 is 24.0 Å². The van der Waals surface area contributed by atoms with E-state index >= 15 is 0 Å². The molecule has 0 aliphatic heterocycles. The van der Waals surface area contributed by atoms with E-state index < -0.39 is 0 Å². The fourth-order valence-corrected chi connectivity index (χ4v) is 2.50. The molecule has 0 bridgehead atoms. The summed E-state index contributed by atoms with van der Waals surface area (Å²) in [6.45, 7) is 5.58. The van der Waals surface area contributed by atoms with Crippen molar-refractivity contribution >= 4 is 35.6 Å². The zero-order valence-electron chi connectivity index (χ0n) is 14.3. The molecular weight excluding hydrogens is 405 g/mol. The SMILES string of the molecule is CCC(CC)(CCO)CN=C(N)Nc1ccccc1COC.I. The zero-order valence-corrected chi connectivity index (χ0v) is 16.7. The number of aliphatic hydroxyl groups excluding tert-OH is 1. The Morgan fingerprint density at radius 3 is 2.52 bits per heavy atom. The van der Waals surface area contributed by atoms with Crippen molar-refractivity contribution in [3.8, 4) is 0 Å². The molecule has 0 aromatic heterocycles. The number of para-hydroxylation sites is 1. The molecule has 0 aliphatic carbocycles. The number of aliphatic imine (C=N–C) groups is 1. The van der Waals surface area contributed by atoms with Crippen molar-refractivity contribution in [3.63, 3.8) is 0 Å². The van der Waals surface area contributed by atoms with Crippen LogP contribution in [0.25, 0.3) is 0 Å². The zero-order chi connectivity index (χ0) is 16.4. The van der Waals surface area contributed by atoms with Crippen molar-refractivity contribution in [1.29, 1.82) is 0 Å². The number of benzene rings is 1. The topological polar surface area (TPSA) is 79.9 Å². The van der Waals surface area contributed by atoms with Gasteiger partial charge in [-0.1, -0.05) is 32.0 Å². The van der Waals surface area contributed by atoms with E-state index in [4.69, 9.17) is 10.5 Å². The van der Waals surface area contributed by atoms with Gasteiger partial charge in [-0.2, -0.15) is 0 Å². The maximum absolute atomic E-state index is 9.25. The number of halogens is 1. The lowest BCUT2D eigenvalue weighted by Crippen LogP contribution is -2.29. The highest BCUT2D eigenvalue weighted by Crippen LogP contribution is 2.30. The number of hydrogen-bond acceptors (Lipinski definition) is 3. The minimum absolute atomic E-state index is 0. The lowest BCUT2D eigenvalue weighted by Gasteiger charge is -2.29. The van der Waals surface area contributed by atoms with Crippen molar-refractivity contribution in [3.05, 3.63) is 29.8 Å². The quantitative estimate of drug-likeness (QED) is 0.316. The van der Waals surface area contributed by atoms with Gasteiger partial charge in [-0.05, 0) is 30.7 Å². The van der Waals surface area contributed by atoms with Crippen LogP contribution < -0.4 is 11.1 Å². The summed E-state index contributed by atoms with van der Waals surface area (Å²) in [4.78, 5) is 4.48. The first-order chi connectivity index (χ1) is 10.6. The molecule has 0 aliphatic rings. The van der Waals surface area contributed by atoms with Gasteiger partial charge in [-0.15, -0.1) is 24.0 Å². The minimum atomic E-state index is 0. The summed E-state index contributed by atoms with van der Waals surface area (Å²) in [7, 11) is 1.67. The number of nitrogens with two attached hydrogens (primary N) is 1. The summed E-state index contributed by atoms with van der Waals surface area (Å²) in [5.41, 5.74) is 7.99. The van der Waals surface area contributed by atoms with Gasteiger partial charge in [0, 0.05) is 31.5 Å². The standard InChI is InChI=1S/C17H29N3O2.HI/c1-4-17(5-2,10-11-21)13-19-16(18)20-15-9-7-6-8-14(15)12-22-3;/h6-9,21H,4-5,10-13H2,1-3H3,(H3,18,19,20);1H. The van der Waals surface area contributed by atoms with Crippen molar-refractivity contribution in [1.82, 2.24) is 0 Å². The fraction of sp³-hybridized carbons (Fsp3) is 0.588. The highest BCUT2D eigenvalue weighted by molar-refractivity contribution is 14.0. The maximum atomic E-state index is 9.25. The second-order valence-corrected chi connectivity index (χ2v) is 5.60. The van der Waals surface area contributed by atoms with Gasteiger partial charge in [0.2, 0.25) is 0 Å². The largest absolute Gasteiger partial charge is 0.396 e. The third-order valence-corrected chi connectivity index (χ3v) is 4.31. The molecule has 23 heavy (non-hydrogen) atoms. The Labute approximate surface area is 156 Å². The number of guanidine groups is 1. The molecule has 0 spiro atoms. The van der Waals surface area contributed by atoms with Crippen LogP contribution in [0.4, 0.5) is 5.69 Å². The average Bonchev–Trinajstić information content (AvgIpc) is 2.54. The van der Waals surface area contributed by atoms with Crippen LogP contribution in [0, 0.1) is 5.41 Å². The molecule has 1 aromatic carbocycles. The molecule has 1 rings (SSSR count). The number of methoxy groups -OCH3 is 1. The van der Waals surface area contributed by atoms with E-state index in [1.165, 1.54) is 0 Å². The predicted molar refractivity (Wildman–Crippen MR) is 107 cm³/mol. The molecule has 0 amide bonds. The Morgan fingerprint density at radius 1 is 1.30 bits per heavy atom. The summed E-state index contributed by atoms with van der Waals surface area (Å²) in [5.74, 6) is 0.396. The molecule has 4 N–H and O–H groups in total. The van der Waals surface area contributed by atoms with Gasteiger partial charge < -0.3 is 20.9 Å². The van der Waals surface area contributed by atoms with Crippen LogP contribution in [-0.2, 0) is 11.3 Å². The molecule has 0 radical (unpaired) electrons. The number of hydrogen-bond donors (Lipinski definition) is 3. The molecular formula is C17H30IN3O2. The molecule has 0 saturated heterocycles. The first kappa shape index (κ1) is 22.1. The van der Waals surface area contributed by atoms with E-state index in [0.717, 1.165) is 30.5 Å². The van der Waals surface area contributed by atoms with Crippen LogP contribution in [0.15, 0.2) is 29.3 Å². The van der Waals surface area contributed by atoms with Crippen LogP contribution in [0.5, 0.6) is 0 Å². The van der Waals surface area contributed by atoms with Crippen molar-refractivity contribution in [2.45, 2.75) is 39.7 Å². The van der Waals surface area contributed by atoms with E-state index in [2.05, 4.69) is 24.2 Å². The molecule has 0 saturated carbocycles. The number of anilines is 1. The van der Waals surface area contributed by atoms with Gasteiger partial charge in [0.05, 0.1) is 6.61 Å². The Bertz CT molecular complexity index is 477. The van der Waals surface area contributed by atoms with Gasteiger partial charge in [0.1, 0.15) is 0 Å². The number of nitrogens with one attached hydrogen (secondary N) is 1. The molecule has 0 heterocycles. The fourth-order valence-electron chi connectivity index (χ4n) is 2.50. The molecule has 0 unspecified atom stereocenters. The van der Waals surface area contributed by atoms with Crippen LogP contribution in [-0.4, -0.2) is 31.3 Å². The van der Waals surface area contributed by atoms with Gasteiger partial charge in [-0.25, -0.2) is 0 Å². The first-order valence-corrected chi connectivity index (χ1v) is 7.85. The maximum Gasteiger partial charge on any atom is 0.193 e. The van der Waals surface area contributed by atoms with E-state index in [0.29, 0.717) is 19.1 Å². The van der Waals surface area contributed by atoms with E-state index in [1.807, 2.05) is 24.3 Å². The van der Waals surface area contributed by atoms with E-state index in [-0.39, 0.29) is 36.0 Å². The Morgan fingerprint density at radius 2 is 1.96 bits per heavy atom. The summed E-state index contributed by atoms with van der Waals surface area (Å²) in [6.07, 6.45) is 2.69. The lowest BCUT2D eigenvalue weighted by atomic mass is 9.79. The Balaban J connectivity index is 0.00000484. The second-order valence-electron chi connectivity index (χ2n) is 5.60. The van der Waals surface area contributed by atoms with Crippen LogP contribution in [0.1, 0.15) is 38.7 Å². The highest BCUT2D eigenvalue weighted by atomic mass is 127. The van der Waals surface area contributed by atoms with Crippen molar-refractivity contribution in [2.24, 2.45) is 16.1 Å². The number of rotatable bonds is 9. The number of aliphatic hydroxyl groups is 1. The summed E-state index contributed by atoms with van der Waals surface area (Å²) < 4.78 is 5.18. The smallest absolute Gasteiger partial charge is 0.193 e. The number of nitrogens with zero attached hydrogens (tertiary/aromatic N) is 1. The average molecular weight is 435 g/mol. The molecule has 0 fully saturated rings. The Hall–Kier alpha value is -0.860. The highest BCUT2D eigenvalue weighted by Gasteiger charge is 2.25. The third-order valence-electron chi connectivity index (χ3n) is 4.31. The van der Waals surface area contributed by atoms with Gasteiger partial charge >= 0.3 is 0 Å². The van der Waals surface area contributed by atoms with E-state index in [1.54, 1.807) is 7.11 Å². The van der Waals surface area contributed by atoms with Gasteiger partial charge in [0.25, 0.3) is 0 Å². The normalized spacial score (nSPS) is 11.9. The third kappa shape index (κ3) is 7.05. The molecule has 132 valence electrons. The summed E-state index contributed by atoms with van der Waals surface area (Å²) in [5, 5.41) is 12.4. The van der Waals surface area contributed by atoms with E-state index in [9.17, 15) is 5.11 Å². The van der Waals surface area contributed by atoms with Crippen LogP contribution in [0.2, 0.25) is 0 Å². The predicted octanol–water partition coefficient (Wildman–Crippen LogP) is 3.37. The molecule has 5 nitrogen and oxygen atoms in total. The minimum Gasteiger partial charge on any atom is -0.396 e. The van der Waals surface area contributed by atoms with Gasteiger partial charge in [0.15, 0.2) is 5.96 Å². The summed E-state index contributed by atoms with van der Waals surface area (Å²) >= 11 is 0. The second kappa shape index (κ2) is 11.6. The number of ether oxygens (including phenoxy) is 1. The van der Waals surface area contributed by atoms with Crippen LogP contribution in [0.3, 0.4) is 0 Å². The van der Waals surface area contributed by atoms with Gasteiger partial charge in [-0.3, -0.25) is 4.99 Å². The summed E-state index contributed by atoms with van der Waals surface area (Å²) in [6, 6.07) is 7.86. The molecule has 6 heteroatoms. The van der Waals surface area contributed by atoms with Crippen molar-refractivity contribution in [2.75, 3.05) is 25.6 Å². The lowest BCUT2D eigenvalue weighted by molar-refractivity contribution is 0.175. The molecule has 1 aromatic rings.